The third kappa shape index (κ3) is 6.33. The van der Waals surface area contributed by atoms with Gasteiger partial charge in [-0.25, -0.2) is 0 Å². The Labute approximate surface area is 192 Å². The molecule has 170 valence electrons. The predicted octanol–water partition coefficient (Wildman–Crippen LogP) is 3.87. The Morgan fingerprint density at radius 3 is 2.15 bits per heavy atom. The molecular weight excluding hydrogens is 420 g/mol. The summed E-state index contributed by atoms with van der Waals surface area (Å²) in [5.41, 5.74) is 1.60. The second kappa shape index (κ2) is 11.2. The molecule has 0 bridgehead atoms. The van der Waals surface area contributed by atoms with Gasteiger partial charge in [-0.3, -0.25) is 9.59 Å². The first-order valence-corrected chi connectivity index (χ1v) is 10.9. The van der Waals surface area contributed by atoms with Crippen molar-refractivity contribution >= 4 is 17.5 Å². The highest BCUT2D eigenvalue weighted by atomic mass is 16.5. The first-order valence-electron chi connectivity index (χ1n) is 10.9. The Morgan fingerprint density at radius 1 is 0.788 bits per heavy atom. The van der Waals surface area contributed by atoms with Crippen molar-refractivity contribution in [3.63, 3.8) is 0 Å². The van der Waals surface area contributed by atoms with Crippen LogP contribution in [0.5, 0.6) is 11.5 Å². The number of hydrogen-bond donors (Lipinski definition) is 1. The molecule has 3 aromatic carbocycles. The van der Waals surface area contributed by atoms with Crippen LogP contribution in [0.3, 0.4) is 0 Å². The van der Waals surface area contributed by atoms with Crippen LogP contribution in [0.25, 0.3) is 0 Å². The number of carbonyl (C=O) groups excluding carboxylic acids is 2. The molecule has 1 aliphatic heterocycles. The van der Waals surface area contributed by atoms with E-state index in [9.17, 15) is 9.59 Å². The number of ether oxygens (including phenoxy) is 3. The lowest BCUT2D eigenvalue weighted by atomic mass is 10.1. The van der Waals surface area contributed by atoms with Crippen LogP contribution in [-0.4, -0.2) is 56.2 Å². The average molecular weight is 447 g/mol. The molecule has 0 spiro atoms. The molecule has 0 atom stereocenters. The topological polar surface area (TPSA) is 77.1 Å². The van der Waals surface area contributed by atoms with Crippen molar-refractivity contribution in [2.24, 2.45) is 0 Å². The van der Waals surface area contributed by atoms with Crippen LogP contribution in [0, 0.1) is 0 Å². The maximum absolute atomic E-state index is 12.7. The van der Waals surface area contributed by atoms with Crippen LogP contribution in [-0.2, 0) is 4.74 Å². The molecule has 0 saturated carbocycles. The zero-order chi connectivity index (χ0) is 22.9. The third-order valence-electron chi connectivity index (χ3n) is 5.15. The number of nitrogens with one attached hydrogen (secondary N) is 1. The summed E-state index contributed by atoms with van der Waals surface area (Å²) in [4.78, 5) is 27.1. The van der Waals surface area contributed by atoms with Gasteiger partial charge >= 0.3 is 0 Å². The van der Waals surface area contributed by atoms with Gasteiger partial charge in [0, 0.05) is 29.9 Å². The molecular formula is C26H26N2O5. The maximum atomic E-state index is 12.7. The van der Waals surface area contributed by atoms with Gasteiger partial charge in [-0.2, -0.15) is 0 Å². The van der Waals surface area contributed by atoms with Crippen LogP contribution in [0.1, 0.15) is 20.7 Å². The van der Waals surface area contributed by atoms with Crippen molar-refractivity contribution in [3.8, 4) is 11.5 Å². The van der Waals surface area contributed by atoms with E-state index in [1.54, 1.807) is 53.4 Å². The number of nitrogens with zero attached hydrogens (tertiary/aromatic N) is 1. The fraction of sp³-hybridized carbons (Fsp3) is 0.231. The Balaban J connectivity index is 1.28. The molecule has 7 nitrogen and oxygen atoms in total. The standard InChI is InChI=1S/C26H26N2O5/c29-25(27-22-6-4-5-21(19-22)26(30)28-13-15-31-16-14-28)20-9-11-24(12-10-20)33-18-17-32-23-7-2-1-3-8-23/h1-12,19H,13-18H2,(H,27,29). The molecule has 0 unspecified atom stereocenters. The van der Waals surface area contributed by atoms with Gasteiger partial charge in [-0.15, -0.1) is 0 Å². The number of rotatable bonds is 8. The minimum absolute atomic E-state index is 0.0628. The zero-order valence-corrected chi connectivity index (χ0v) is 18.2. The Bertz CT molecular complexity index is 1060. The quantitative estimate of drug-likeness (QED) is 0.532. The summed E-state index contributed by atoms with van der Waals surface area (Å²) < 4.78 is 16.6. The summed E-state index contributed by atoms with van der Waals surface area (Å²) in [6, 6.07) is 23.4. The number of amides is 2. The van der Waals surface area contributed by atoms with E-state index in [1.165, 1.54) is 0 Å². The van der Waals surface area contributed by atoms with E-state index in [1.807, 2.05) is 30.3 Å². The van der Waals surface area contributed by atoms with E-state index in [0.29, 0.717) is 62.1 Å². The van der Waals surface area contributed by atoms with Gasteiger partial charge in [0.05, 0.1) is 13.2 Å². The largest absolute Gasteiger partial charge is 0.490 e. The Hall–Kier alpha value is -3.84. The molecule has 1 fully saturated rings. The van der Waals surface area contributed by atoms with Gasteiger partial charge < -0.3 is 24.4 Å². The van der Waals surface area contributed by atoms with Crippen molar-refractivity contribution < 1.29 is 23.8 Å². The Morgan fingerprint density at radius 2 is 1.45 bits per heavy atom. The van der Waals surface area contributed by atoms with Crippen LogP contribution in [0.2, 0.25) is 0 Å². The maximum Gasteiger partial charge on any atom is 0.255 e. The van der Waals surface area contributed by atoms with Gasteiger partial charge in [-0.05, 0) is 54.6 Å². The SMILES string of the molecule is O=C(Nc1cccc(C(=O)N2CCOCC2)c1)c1ccc(OCCOc2ccccc2)cc1. The van der Waals surface area contributed by atoms with Gasteiger partial charge in [0.15, 0.2) is 0 Å². The molecule has 4 rings (SSSR count). The summed E-state index contributed by atoms with van der Waals surface area (Å²) in [5, 5.41) is 2.85. The van der Waals surface area contributed by atoms with E-state index < -0.39 is 0 Å². The average Bonchev–Trinajstić information content (AvgIpc) is 2.88. The minimum Gasteiger partial charge on any atom is -0.490 e. The molecule has 1 heterocycles. The van der Waals surface area contributed by atoms with Crippen molar-refractivity contribution in [3.05, 3.63) is 90.0 Å². The molecule has 2 amide bonds. The van der Waals surface area contributed by atoms with Gasteiger partial charge in [0.2, 0.25) is 0 Å². The first-order chi connectivity index (χ1) is 16.2. The molecule has 0 aliphatic carbocycles. The normalized spacial score (nSPS) is 13.3. The smallest absolute Gasteiger partial charge is 0.255 e. The molecule has 0 radical (unpaired) electrons. The van der Waals surface area contributed by atoms with E-state index >= 15 is 0 Å². The summed E-state index contributed by atoms with van der Waals surface area (Å²) in [6.07, 6.45) is 0. The number of hydrogen-bond acceptors (Lipinski definition) is 5. The minimum atomic E-state index is -0.259. The zero-order valence-electron chi connectivity index (χ0n) is 18.2. The number of anilines is 1. The molecule has 1 saturated heterocycles. The monoisotopic (exact) mass is 446 g/mol. The fourth-order valence-electron chi connectivity index (χ4n) is 3.42. The van der Waals surface area contributed by atoms with Gasteiger partial charge in [0.1, 0.15) is 24.7 Å². The third-order valence-corrected chi connectivity index (χ3v) is 5.15. The second-order valence-electron chi connectivity index (χ2n) is 7.47. The van der Waals surface area contributed by atoms with E-state index in [0.717, 1.165) is 5.75 Å². The Kier molecular flexibility index (Phi) is 7.56. The van der Waals surface area contributed by atoms with Crippen LogP contribution < -0.4 is 14.8 Å². The first kappa shape index (κ1) is 22.4. The van der Waals surface area contributed by atoms with Crippen LogP contribution >= 0.6 is 0 Å². The highest BCUT2D eigenvalue weighted by molar-refractivity contribution is 6.05. The summed E-state index contributed by atoms with van der Waals surface area (Å²) in [6.45, 7) is 3.05. The molecule has 33 heavy (non-hydrogen) atoms. The predicted molar refractivity (Wildman–Crippen MR) is 125 cm³/mol. The van der Waals surface area contributed by atoms with Crippen molar-refractivity contribution in [2.45, 2.75) is 0 Å². The van der Waals surface area contributed by atoms with Crippen molar-refractivity contribution in [2.75, 3.05) is 44.8 Å². The number of morpholine rings is 1. The van der Waals surface area contributed by atoms with Crippen molar-refractivity contribution in [1.82, 2.24) is 4.90 Å². The van der Waals surface area contributed by atoms with E-state index in [4.69, 9.17) is 14.2 Å². The lowest BCUT2D eigenvalue weighted by molar-refractivity contribution is 0.0303. The van der Waals surface area contributed by atoms with Gasteiger partial charge in [0.25, 0.3) is 11.8 Å². The fourth-order valence-corrected chi connectivity index (χ4v) is 3.42. The lowest BCUT2D eigenvalue weighted by Gasteiger charge is -2.27. The van der Waals surface area contributed by atoms with E-state index in [-0.39, 0.29) is 11.8 Å². The number of para-hydroxylation sites is 1. The van der Waals surface area contributed by atoms with Crippen LogP contribution in [0.15, 0.2) is 78.9 Å². The molecule has 3 aromatic rings. The van der Waals surface area contributed by atoms with Crippen LogP contribution in [0.4, 0.5) is 5.69 Å². The highest BCUT2D eigenvalue weighted by Crippen LogP contribution is 2.17. The molecule has 0 aromatic heterocycles. The summed E-state index contributed by atoms with van der Waals surface area (Å²) in [7, 11) is 0. The van der Waals surface area contributed by atoms with Gasteiger partial charge in [-0.1, -0.05) is 24.3 Å². The highest BCUT2D eigenvalue weighted by Gasteiger charge is 2.19. The summed E-state index contributed by atoms with van der Waals surface area (Å²) in [5.74, 6) is 1.13. The number of carbonyl (C=O) groups is 2. The lowest BCUT2D eigenvalue weighted by Crippen LogP contribution is -2.40. The second-order valence-corrected chi connectivity index (χ2v) is 7.47. The van der Waals surface area contributed by atoms with Crippen molar-refractivity contribution in [1.29, 1.82) is 0 Å². The molecule has 1 aliphatic rings. The van der Waals surface area contributed by atoms with E-state index in [2.05, 4.69) is 5.32 Å². The number of benzene rings is 3. The molecule has 7 heteroatoms. The molecule has 1 N–H and O–H groups in total. The summed E-state index contributed by atoms with van der Waals surface area (Å²) >= 11 is 0.